The Morgan fingerprint density at radius 3 is 2.68 bits per heavy atom. The van der Waals surface area contributed by atoms with Gasteiger partial charge in [-0.15, -0.1) is 0 Å². The highest BCUT2D eigenvalue weighted by Gasteiger charge is 2.23. The van der Waals surface area contributed by atoms with E-state index < -0.39 is 0 Å². The van der Waals surface area contributed by atoms with Gasteiger partial charge in [0.15, 0.2) is 5.82 Å². The smallest absolute Gasteiger partial charge is 0.212 e. The fraction of sp³-hybridized carbons (Fsp3) is 0.250. The van der Waals surface area contributed by atoms with Crippen LogP contribution in [-0.4, -0.2) is 34.5 Å². The molecule has 1 amide bonds. The Morgan fingerprint density at radius 2 is 2.03 bits per heavy atom. The predicted molar refractivity (Wildman–Crippen MR) is 124 cm³/mol. The van der Waals surface area contributed by atoms with Gasteiger partial charge in [-0.1, -0.05) is 55.8 Å². The maximum Gasteiger partial charge on any atom is 0.212 e. The molecule has 0 aliphatic heterocycles. The average molecular weight is 441 g/mol. The van der Waals surface area contributed by atoms with Gasteiger partial charge >= 0.3 is 0 Å². The molecule has 0 aliphatic rings. The second kappa shape index (κ2) is 10.3. The van der Waals surface area contributed by atoms with Crippen molar-refractivity contribution in [2.24, 2.45) is 0 Å². The number of hydrogen-bond donors (Lipinski definition) is 1. The van der Waals surface area contributed by atoms with Gasteiger partial charge < -0.3 is 14.8 Å². The molecule has 0 fully saturated rings. The lowest BCUT2D eigenvalue weighted by molar-refractivity contribution is -0.105. The first-order valence-electron chi connectivity index (χ1n) is 10.2. The molecule has 1 N–H and O–H groups in total. The molecule has 0 unspecified atom stereocenters. The molecule has 7 heteroatoms. The first kappa shape index (κ1) is 22.6. The van der Waals surface area contributed by atoms with E-state index in [0.29, 0.717) is 35.3 Å². The number of nitrogens with zero attached hydrogens (tertiary/aromatic N) is 3. The summed E-state index contributed by atoms with van der Waals surface area (Å²) < 4.78 is 15.4. The van der Waals surface area contributed by atoms with Crippen LogP contribution in [0.1, 0.15) is 31.0 Å². The maximum atomic E-state index is 13.4. The number of aromatic nitrogens is 2. The standard InChI is InChI=1S/C24H26ClFN4O/c1-4-5-13-29(3)17(2)22-23(27-16-31)28-24(19-7-6-8-20(25)14-19)30(22)15-18-9-11-21(26)12-10-18/h6-12,14,16H,2,4-5,13,15H2,1,3H3,(H,27,31). The van der Waals surface area contributed by atoms with Crippen LogP contribution in [0.2, 0.25) is 5.02 Å². The van der Waals surface area contributed by atoms with Crippen LogP contribution in [0.15, 0.2) is 55.1 Å². The Morgan fingerprint density at radius 1 is 1.29 bits per heavy atom. The summed E-state index contributed by atoms with van der Waals surface area (Å²) in [5.41, 5.74) is 3.13. The van der Waals surface area contributed by atoms with E-state index in [2.05, 4.69) is 23.7 Å². The number of unbranched alkanes of at least 4 members (excludes halogenated alkanes) is 1. The van der Waals surface area contributed by atoms with Gasteiger partial charge in [-0.05, 0) is 36.2 Å². The van der Waals surface area contributed by atoms with Gasteiger partial charge in [0, 0.05) is 30.7 Å². The van der Waals surface area contributed by atoms with Crippen LogP contribution in [0.4, 0.5) is 10.2 Å². The van der Waals surface area contributed by atoms with E-state index in [4.69, 9.17) is 16.6 Å². The van der Waals surface area contributed by atoms with Crippen molar-refractivity contribution in [3.63, 3.8) is 0 Å². The zero-order valence-electron chi connectivity index (χ0n) is 17.7. The van der Waals surface area contributed by atoms with E-state index in [1.807, 2.05) is 29.8 Å². The molecule has 0 saturated heterocycles. The number of carbonyl (C=O) groups is 1. The SMILES string of the molecule is C=C(c1c(NC=O)nc(-c2cccc(Cl)c2)n1Cc1ccc(F)cc1)N(C)CCCC. The molecule has 0 aliphatic carbocycles. The molecule has 3 rings (SSSR count). The van der Waals surface area contributed by atoms with E-state index >= 15 is 0 Å². The zero-order chi connectivity index (χ0) is 22.4. The van der Waals surface area contributed by atoms with Crippen molar-refractivity contribution in [3.05, 3.63) is 77.2 Å². The molecule has 0 bridgehead atoms. The van der Waals surface area contributed by atoms with Crippen molar-refractivity contribution in [2.75, 3.05) is 18.9 Å². The monoisotopic (exact) mass is 440 g/mol. The van der Waals surface area contributed by atoms with Crippen molar-refractivity contribution >= 4 is 29.5 Å². The van der Waals surface area contributed by atoms with Gasteiger partial charge in [-0.3, -0.25) is 4.79 Å². The number of nitrogens with one attached hydrogen (secondary N) is 1. The minimum atomic E-state index is -0.295. The lowest BCUT2D eigenvalue weighted by atomic mass is 10.1. The third kappa shape index (κ3) is 5.33. The molecule has 1 aromatic heterocycles. The summed E-state index contributed by atoms with van der Waals surface area (Å²) in [6, 6.07) is 13.7. The second-order valence-corrected chi connectivity index (χ2v) is 7.78. The van der Waals surface area contributed by atoms with E-state index in [-0.39, 0.29) is 5.82 Å². The topological polar surface area (TPSA) is 50.2 Å². The van der Waals surface area contributed by atoms with Gasteiger partial charge in [-0.2, -0.15) is 0 Å². The fourth-order valence-corrected chi connectivity index (χ4v) is 3.58. The molecule has 0 radical (unpaired) electrons. The molecule has 2 aromatic carbocycles. The summed E-state index contributed by atoms with van der Waals surface area (Å²) in [6.07, 6.45) is 2.67. The molecule has 3 aromatic rings. The summed E-state index contributed by atoms with van der Waals surface area (Å²) in [4.78, 5) is 18.1. The first-order valence-corrected chi connectivity index (χ1v) is 10.5. The molecule has 0 atom stereocenters. The molecular weight excluding hydrogens is 415 g/mol. The van der Waals surface area contributed by atoms with Gasteiger partial charge in [-0.25, -0.2) is 9.37 Å². The summed E-state index contributed by atoms with van der Waals surface area (Å²) in [5, 5.41) is 3.30. The van der Waals surface area contributed by atoms with E-state index in [1.54, 1.807) is 18.2 Å². The lowest BCUT2D eigenvalue weighted by Gasteiger charge is -2.24. The maximum absolute atomic E-state index is 13.4. The van der Waals surface area contributed by atoms with Crippen molar-refractivity contribution in [1.29, 1.82) is 0 Å². The second-order valence-electron chi connectivity index (χ2n) is 7.34. The van der Waals surface area contributed by atoms with E-state index in [9.17, 15) is 9.18 Å². The number of hydrogen-bond acceptors (Lipinski definition) is 3. The Bertz CT molecular complexity index is 1060. The van der Waals surface area contributed by atoms with E-state index in [0.717, 1.165) is 36.2 Å². The zero-order valence-corrected chi connectivity index (χ0v) is 18.5. The van der Waals surface area contributed by atoms with Crippen LogP contribution < -0.4 is 5.32 Å². The molecule has 1 heterocycles. The van der Waals surface area contributed by atoms with E-state index in [1.165, 1.54) is 12.1 Å². The van der Waals surface area contributed by atoms with Gasteiger partial charge in [0.05, 0.1) is 5.70 Å². The molecule has 162 valence electrons. The number of rotatable bonds is 10. The number of carbonyl (C=O) groups excluding carboxylic acids is 1. The summed E-state index contributed by atoms with van der Waals surface area (Å²) in [5.74, 6) is 0.758. The van der Waals surface area contributed by atoms with Crippen molar-refractivity contribution < 1.29 is 9.18 Å². The highest BCUT2D eigenvalue weighted by molar-refractivity contribution is 6.30. The van der Waals surface area contributed by atoms with Gasteiger partial charge in [0.1, 0.15) is 17.3 Å². The normalized spacial score (nSPS) is 10.7. The molecule has 31 heavy (non-hydrogen) atoms. The average Bonchev–Trinajstić information content (AvgIpc) is 3.11. The number of benzene rings is 2. The van der Waals surface area contributed by atoms with Crippen molar-refractivity contribution in [2.45, 2.75) is 26.3 Å². The van der Waals surface area contributed by atoms with Crippen LogP contribution in [0.5, 0.6) is 0 Å². The van der Waals surface area contributed by atoms with Crippen LogP contribution in [0.3, 0.4) is 0 Å². The lowest BCUT2D eigenvalue weighted by Crippen LogP contribution is -2.20. The van der Waals surface area contributed by atoms with Crippen LogP contribution in [0.25, 0.3) is 17.1 Å². The third-order valence-corrected chi connectivity index (χ3v) is 5.32. The Hall–Kier alpha value is -3.12. The largest absolute Gasteiger partial charge is 0.373 e. The van der Waals surface area contributed by atoms with Gasteiger partial charge in [0.2, 0.25) is 6.41 Å². The highest BCUT2D eigenvalue weighted by atomic mass is 35.5. The third-order valence-electron chi connectivity index (χ3n) is 5.08. The minimum Gasteiger partial charge on any atom is -0.373 e. The Balaban J connectivity index is 2.16. The highest BCUT2D eigenvalue weighted by Crippen LogP contribution is 2.33. The first-order chi connectivity index (χ1) is 14.9. The Kier molecular flexibility index (Phi) is 7.47. The van der Waals surface area contributed by atoms with Gasteiger partial charge in [0.25, 0.3) is 0 Å². The number of amides is 1. The molecular formula is C24H26ClFN4O. The quantitative estimate of drug-likeness (QED) is 0.414. The van der Waals surface area contributed by atoms with Crippen LogP contribution in [-0.2, 0) is 11.3 Å². The van der Waals surface area contributed by atoms with Crippen molar-refractivity contribution in [3.8, 4) is 11.4 Å². The molecule has 5 nitrogen and oxygen atoms in total. The molecule has 0 saturated carbocycles. The summed E-state index contributed by atoms with van der Waals surface area (Å²) in [7, 11) is 1.97. The predicted octanol–water partition coefficient (Wildman–Crippen LogP) is 5.66. The summed E-state index contributed by atoms with van der Waals surface area (Å²) in [6.45, 7) is 7.66. The fourth-order valence-electron chi connectivity index (χ4n) is 3.39. The van der Waals surface area contributed by atoms with Crippen molar-refractivity contribution in [1.82, 2.24) is 14.5 Å². The number of imidazole rings is 1. The van der Waals surface area contributed by atoms with Crippen LogP contribution in [0, 0.1) is 5.82 Å². The molecule has 0 spiro atoms. The van der Waals surface area contributed by atoms with Crippen LogP contribution >= 0.6 is 11.6 Å². The number of anilines is 1. The number of halogens is 2. The Labute approximate surface area is 187 Å². The minimum absolute atomic E-state index is 0.295. The summed E-state index contributed by atoms with van der Waals surface area (Å²) >= 11 is 6.23.